The number of hydrogen-bond acceptors (Lipinski definition) is 3. The number of halogens is 3. The zero-order valence-electron chi connectivity index (χ0n) is 16.9. The Bertz CT molecular complexity index is 1100. The van der Waals surface area contributed by atoms with Crippen LogP contribution in [0.2, 0.25) is 0 Å². The Hall–Kier alpha value is -3.39. The monoisotopic (exact) mass is 429 g/mol. The molecule has 0 bridgehead atoms. The van der Waals surface area contributed by atoms with E-state index in [1.54, 1.807) is 49.4 Å². The van der Waals surface area contributed by atoms with Gasteiger partial charge in [0.05, 0.1) is 29.9 Å². The standard InChI is InChI=1S/C23H22F3N3O2/c1-2-21(28-31)27-14-18-19(23(24,25)26)13-20(17-11-7-4-8-12-17)29(22(18)30)15-16-9-5-3-6-10-16/h3-13,31H,2,14-15H2,1H3,(H,27,28). The van der Waals surface area contributed by atoms with Crippen molar-refractivity contribution in [1.82, 2.24) is 10.0 Å². The first-order valence-corrected chi connectivity index (χ1v) is 9.71. The van der Waals surface area contributed by atoms with E-state index in [-0.39, 0.29) is 24.5 Å². The summed E-state index contributed by atoms with van der Waals surface area (Å²) in [4.78, 5) is 17.3. The molecule has 1 aromatic heterocycles. The van der Waals surface area contributed by atoms with E-state index in [2.05, 4.69) is 4.99 Å². The third-order valence-electron chi connectivity index (χ3n) is 4.85. The lowest BCUT2D eigenvalue weighted by Crippen LogP contribution is -2.30. The van der Waals surface area contributed by atoms with Crippen molar-refractivity contribution in [3.05, 3.63) is 93.8 Å². The van der Waals surface area contributed by atoms with Crippen LogP contribution in [0.5, 0.6) is 0 Å². The molecule has 0 fully saturated rings. The molecule has 31 heavy (non-hydrogen) atoms. The van der Waals surface area contributed by atoms with Gasteiger partial charge in [0.25, 0.3) is 5.56 Å². The van der Waals surface area contributed by atoms with Crippen LogP contribution in [0.25, 0.3) is 11.3 Å². The topological polar surface area (TPSA) is 66.6 Å². The minimum Gasteiger partial charge on any atom is -0.304 e. The lowest BCUT2D eigenvalue weighted by atomic mass is 10.0. The summed E-state index contributed by atoms with van der Waals surface area (Å²) in [5.41, 5.74) is 1.04. The van der Waals surface area contributed by atoms with Gasteiger partial charge in [0.1, 0.15) is 5.84 Å². The number of amidine groups is 1. The molecule has 3 rings (SSSR count). The molecule has 0 spiro atoms. The number of nitrogens with zero attached hydrogens (tertiary/aromatic N) is 2. The minimum absolute atomic E-state index is 0.0919. The Labute approximate surface area is 177 Å². The number of aliphatic imine (C=N–C) groups is 1. The predicted molar refractivity (Wildman–Crippen MR) is 113 cm³/mol. The van der Waals surface area contributed by atoms with Gasteiger partial charge in [0.2, 0.25) is 0 Å². The van der Waals surface area contributed by atoms with Gasteiger partial charge in [0.15, 0.2) is 0 Å². The van der Waals surface area contributed by atoms with E-state index >= 15 is 0 Å². The second-order valence-electron chi connectivity index (χ2n) is 6.89. The highest BCUT2D eigenvalue weighted by molar-refractivity contribution is 5.80. The predicted octanol–water partition coefficient (Wildman–Crippen LogP) is 4.87. The SMILES string of the molecule is CCC(=NCc1c(C(F)(F)F)cc(-c2ccccc2)n(Cc2ccccc2)c1=O)NO. The van der Waals surface area contributed by atoms with E-state index in [0.29, 0.717) is 5.56 Å². The molecule has 3 aromatic rings. The van der Waals surface area contributed by atoms with Crippen molar-refractivity contribution in [3.8, 4) is 11.3 Å². The molecule has 1 heterocycles. The van der Waals surface area contributed by atoms with Crippen LogP contribution < -0.4 is 11.0 Å². The van der Waals surface area contributed by atoms with Crippen LogP contribution in [-0.2, 0) is 19.3 Å². The largest absolute Gasteiger partial charge is 0.417 e. The zero-order valence-corrected chi connectivity index (χ0v) is 16.9. The third kappa shape index (κ3) is 5.21. The molecule has 0 aliphatic carbocycles. The summed E-state index contributed by atoms with van der Waals surface area (Å²) in [5, 5.41) is 9.06. The molecule has 8 heteroatoms. The molecular weight excluding hydrogens is 407 g/mol. The summed E-state index contributed by atoms with van der Waals surface area (Å²) in [6.07, 6.45) is -4.46. The van der Waals surface area contributed by atoms with E-state index in [9.17, 15) is 18.0 Å². The fourth-order valence-corrected chi connectivity index (χ4v) is 3.27. The molecule has 0 radical (unpaired) electrons. The second kappa shape index (κ2) is 9.61. The minimum atomic E-state index is -4.74. The molecule has 2 N–H and O–H groups in total. The van der Waals surface area contributed by atoms with Gasteiger partial charge in [-0.1, -0.05) is 67.6 Å². The van der Waals surface area contributed by atoms with Crippen LogP contribution in [-0.4, -0.2) is 15.6 Å². The molecule has 0 aliphatic heterocycles. The normalized spacial score (nSPS) is 12.1. The highest BCUT2D eigenvalue weighted by atomic mass is 19.4. The average molecular weight is 429 g/mol. The van der Waals surface area contributed by atoms with Crippen LogP contribution in [0.1, 0.15) is 30.0 Å². The van der Waals surface area contributed by atoms with Crippen LogP contribution in [0, 0.1) is 0 Å². The molecule has 5 nitrogen and oxygen atoms in total. The van der Waals surface area contributed by atoms with Gasteiger partial charge < -0.3 is 4.57 Å². The van der Waals surface area contributed by atoms with Crippen LogP contribution in [0.4, 0.5) is 13.2 Å². The molecular formula is C23H22F3N3O2. The van der Waals surface area contributed by atoms with Crippen molar-refractivity contribution < 1.29 is 18.4 Å². The highest BCUT2D eigenvalue weighted by Gasteiger charge is 2.36. The second-order valence-corrected chi connectivity index (χ2v) is 6.89. The Morgan fingerprint density at radius 1 is 1.06 bits per heavy atom. The summed E-state index contributed by atoms with van der Waals surface area (Å²) in [6, 6.07) is 18.5. The smallest absolute Gasteiger partial charge is 0.304 e. The first-order chi connectivity index (χ1) is 14.8. The Balaban J connectivity index is 2.26. The first-order valence-electron chi connectivity index (χ1n) is 9.71. The van der Waals surface area contributed by atoms with Crippen molar-refractivity contribution in [3.63, 3.8) is 0 Å². The number of pyridine rings is 1. The maximum Gasteiger partial charge on any atom is 0.417 e. The van der Waals surface area contributed by atoms with E-state index in [4.69, 9.17) is 5.21 Å². The lowest BCUT2D eigenvalue weighted by Gasteiger charge is -2.19. The average Bonchev–Trinajstić information content (AvgIpc) is 2.77. The third-order valence-corrected chi connectivity index (χ3v) is 4.85. The molecule has 162 valence electrons. The van der Waals surface area contributed by atoms with E-state index in [1.165, 1.54) is 4.57 Å². The first kappa shape index (κ1) is 22.3. The van der Waals surface area contributed by atoms with Gasteiger partial charge in [-0.25, -0.2) is 0 Å². The van der Waals surface area contributed by atoms with Crippen LogP contribution in [0.3, 0.4) is 0 Å². The van der Waals surface area contributed by atoms with Gasteiger partial charge in [-0.2, -0.15) is 13.2 Å². The molecule has 0 aliphatic rings. The van der Waals surface area contributed by atoms with Gasteiger partial charge in [-0.15, -0.1) is 0 Å². The maximum atomic E-state index is 13.9. The quantitative estimate of drug-likeness (QED) is 0.334. The molecule has 0 amide bonds. The van der Waals surface area contributed by atoms with Crippen LogP contribution >= 0.6 is 0 Å². The summed E-state index contributed by atoms with van der Waals surface area (Å²) in [7, 11) is 0. The molecule has 2 aromatic carbocycles. The number of hydroxylamine groups is 1. The molecule has 0 atom stereocenters. The number of hydrogen-bond donors (Lipinski definition) is 2. The zero-order chi connectivity index (χ0) is 22.4. The summed E-state index contributed by atoms with van der Waals surface area (Å²) >= 11 is 0. The fraction of sp³-hybridized carbons (Fsp3) is 0.217. The highest BCUT2D eigenvalue weighted by Crippen LogP contribution is 2.34. The van der Waals surface area contributed by atoms with Crippen molar-refractivity contribution in [2.75, 3.05) is 0 Å². The maximum absolute atomic E-state index is 13.9. The number of alkyl halides is 3. The molecule has 0 unspecified atom stereocenters. The van der Waals surface area contributed by atoms with Crippen molar-refractivity contribution in [1.29, 1.82) is 0 Å². The molecule has 0 saturated carbocycles. The Morgan fingerprint density at radius 2 is 1.68 bits per heavy atom. The van der Waals surface area contributed by atoms with Gasteiger partial charge in [0, 0.05) is 6.42 Å². The summed E-state index contributed by atoms with van der Waals surface area (Å²) in [5.74, 6) is 0.0919. The summed E-state index contributed by atoms with van der Waals surface area (Å²) < 4.78 is 43.1. The number of nitrogens with one attached hydrogen (secondary N) is 1. The number of benzene rings is 2. The lowest BCUT2D eigenvalue weighted by molar-refractivity contribution is -0.138. The van der Waals surface area contributed by atoms with Gasteiger partial charge in [-0.3, -0.25) is 20.5 Å². The van der Waals surface area contributed by atoms with Gasteiger partial charge >= 0.3 is 6.18 Å². The fourth-order valence-electron chi connectivity index (χ4n) is 3.27. The van der Waals surface area contributed by atoms with Crippen LogP contribution in [0.15, 0.2) is 76.5 Å². The van der Waals surface area contributed by atoms with Crippen molar-refractivity contribution in [2.45, 2.75) is 32.6 Å². The van der Waals surface area contributed by atoms with Crippen molar-refractivity contribution in [2.24, 2.45) is 4.99 Å². The van der Waals surface area contributed by atoms with E-state index < -0.39 is 29.4 Å². The Morgan fingerprint density at radius 3 is 2.23 bits per heavy atom. The van der Waals surface area contributed by atoms with E-state index in [1.807, 2.05) is 23.7 Å². The summed E-state index contributed by atoms with van der Waals surface area (Å²) in [6.45, 7) is 1.28. The number of aromatic nitrogens is 1. The van der Waals surface area contributed by atoms with Crippen molar-refractivity contribution >= 4 is 5.84 Å². The molecule has 0 saturated heterocycles. The Kier molecular flexibility index (Phi) is 6.91. The van der Waals surface area contributed by atoms with Gasteiger partial charge in [-0.05, 0) is 17.2 Å². The van der Waals surface area contributed by atoms with E-state index in [0.717, 1.165) is 11.6 Å². The number of rotatable bonds is 6.